The van der Waals surface area contributed by atoms with Gasteiger partial charge in [-0.05, 0) is 6.92 Å². The quantitative estimate of drug-likeness (QED) is 0.422. The lowest BCUT2D eigenvalue weighted by molar-refractivity contribution is -0.0171. The van der Waals surface area contributed by atoms with Crippen LogP contribution in [-0.4, -0.2) is 46.3 Å². The first-order valence-electron chi connectivity index (χ1n) is 3.29. The van der Waals surface area contributed by atoms with E-state index in [0.29, 0.717) is 0 Å². The van der Waals surface area contributed by atoms with Gasteiger partial charge >= 0.3 is 0 Å². The van der Waals surface area contributed by atoms with Crippen LogP contribution in [0, 0.1) is 0 Å². The normalized spacial score (nSPS) is 48.0. The molecular formula is C6H12O4. The Hall–Kier alpha value is -0.160. The number of hydrogen-bond acceptors (Lipinski definition) is 4. The minimum absolute atomic E-state index is 0.247. The van der Waals surface area contributed by atoms with Crippen LogP contribution in [0.4, 0.5) is 0 Å². The number of ether oxygens (including phenoxy) is 1. The number of aliphatic hydroxyl groups is 3. The van der Waals surface area contributed by atoms with E-state index >= 15 is 0 Å². The van der Waals surface area contributed by atoms with Crippen LogP contribution in [0.1, 0.15) is 6.92 Å². The molecule has 1 saturated heterocycles. The second-order valence-corrected chi connectivity index (χ2v) is 2.54. The molecule has 1 unspecified atom stereocenters. The summed E-state index contributed by atoms with van der Waals surface area (Å²) in [6.45, 7) is 1.41. The number of hydrogen-bond donors (Lipinski definition) is 3. The fraction of sp³-hybridized carbons (Fsp3) is 1.00. The molecule has 0 radical (unpaired) electrons. The van der Waals surface area contributed by atoms with Crippen molar-refractivity contribution in [2.24, 2.45) is 0 Å². The van der Waals surface area contributed by atoms with Gasteiger partial charge in [0.2, 0.25) is 0 Å². The van der Waals surface area contributed by atoms with Crippen LogP contribution >= 0.6 is 0 Å². The van der Waals surface area contributed by atoms with Crippen molar-refractivity contribution in [1.29, 1.82) is 0 Å². The van der Waals surface area contributed by atoms with Gasteiger partial charge in [-0.2, -0.15) is 0 Å². The van der Waals surface area contributed by atoms with Crippen LogP contribution < -0.4 is 0 Å². The molecule has 10 heavy (non-hydrogen) atoms. The van der Waals surface area contributed by atoms with Gasteiger partial charge in [0.15, 0.2) is 0 Å². The van der Waals surface area contributed by atoms with Gasteiger partial charge in [-0.25, -0.2) is 0 Å². The molecule has 4 nitrogen and oxygen atoms in total. The van der Waals surface area contributed by atoms with E-state index in [-0.39, 0.29) is 12.7 Å². The van der Waals surface area contributed by atoms with Crippen molar-refractivity contribution in [3.63, 3.8) is 0 Å². The van der Waals surface area contributed by atoms with E-state index in [1.165, 1.54) is 0 Å². The second kappa shape index (κ2) is 2.84. The van der Waals surface area contributed by atoms with Crippen molar-refractivity contribution in [2.45, 2.75) is 31.3 Å². The van der Waals surface area contributed by atoms with Gasteiger partial charge in [0, 0.05) is 0 Å². The van der Waals surface area contributed by atoms with Crippen LogP contribution in [-0.2, 0) is 4.74 Å². The minimum Gasteiger partial charge on any atom is -0.394 e. The van der Waals surface area contributed by atoms with Crippen molar-refractivity contribution < 1.29 is 20.1 Å². The maximum atomic E-state index is 9.09. The Morgan fingerprint density at radius 3 is 2.10 bits per heavy atom. The Labute approximate surface area is 59.1 Å². The summed E-state index contributed by atoms with van der Waals surface area (Å²) in [7, 11) is 0. The Morgan fingerprint density at radius 2 is 1.90 bits per heavy atom. The first-order chi connectivity index (χ1) is 4.66. The third-order valence-corrected chi connectivity index (χ3v) is 1.78. The zero-order valence-corrected chi connectivity index (χ0v) is 5.77. The van der Waals surface area contributed by atoms with Crippen LogP contribution in [0.3, 0.4) is 0 Å². The lowest BCUT2D eigenvalue weighted by Gasteiger charge is -2.10. The third-order valence-electron chi connectivity index (χ3n) is 1.78. The van der Waals surface area contributed by atoms with Crippen LogP contribution in [0.5, 0.6) is 0 Å². The van der Waals surface area contributed by atoms with Crippen molar-refractivity contribution in [2.75, 3.05) is 6.61 Å². The summed E-state index contributed by atoms with van der Waals surface area (Å²) in [5.74, 6) is 0. The fourth-order valence-corrected chi connectivity index (χ4v) is 1.09. The van der Waals surface area contributed by atoms with E-state index in [2.05, 4.69) is 0 Å². The zero-order valence-electron chi connectivity index (χ0n) is 5.77. The van der Waals surface area contributed by atoms with E-state index in [0.717, 1.165) is 0 Å². The van der Waals surface area contributed by atoms with Gasteiger partial charge in [0.25, 0.3) is 0 Å². The average molecular weight is 148 g/mol. The topological polar surface area (TPSA) is 69.9 Å². The average Bonchev–Trinajstić information content (AvgIpc) is 2.17. The minimum atomic E-state index is -0.944. The lowest BCUT2D eigenvalue weighted by Crippen LogP contribution is -2.33. The third kappa shape index (κ3) is 1.15. The molecule has 0 spiro atoms. The Balaban J connectivity index is 2.53. The van der Waals surface area contributed by atoms with E-state index < -0.39 is 18.3 Å². The van der Waals surface area contributed by atoms with Crippen molar-refractivity contribution in [1.82, 2.24) is 0 Å². The molecule has 0 aromatic heterocycles. The van der Waals surface area contributed by atoms with Crippen molar-refractivity contribution in [3.05, 3.63) is 0 Å². The largest absolute Gasteiger partial charge is 0.394 e. The smallest absolute Gasteiger partial charge is 0.111 e. The van der Waals surface area contributed by atoms with Crippen molar-refractivity contribution >= 4 is 0 Å². The van der Waals surface area contributed by atoms with Gasteiger partial charge in [0.1, 0.15) is 18.3 Å². The first-order valence-corrected chi connectivity index (χ1v) is 3.29. The molecule has 0 aromatic rings. The predicted octanol–water partition coefficient (Wildman–Crippen LogP) is -1.51. The molecule has 0 amide bonds. The molecule has 4 heteroatoms. The Morgan fingerprint density at radius 1 is 1.30 bits per heavy atom. The first kappa shape index (κ1) is 7.94. The summed E-state index contributed by atoms with van der Waals surface area (Å²) in [5, 5.41) is 26.8. The highest BCUT2D eigenvalue weighted by Crippen LogP contribution is 2.19. The van der Waals surface area contributed by atoms with E-state index in [9.17, 15) is 0 Å². The molecule has 1 fully saturated rings. The summed E-state index contributed by atoms with van der Waals surface area (Å²) in [4.78, 5) is 0. The highest BCUT2D eigenvalue weighted by atomic mass is 16.5. The monoisotopic (exact) mass is 148 g/mol. The molecule has 0 aliphatic carbocycles. The maximum absolute atomic E-state index is 9.09. The lowest BCUT2D eigenvalue weighted by atomic mass is 10.1. The molecular weight excluding hydrogens is 136 g/mol. The second-order valence-electron chi connectivity index (χ2n) is 2.54. The van der Waals surface area contributed by atoms with Gasteiger partial charge < -0.3 is 20.1 Å². The Bertz CT molecular complexity index is 116. The van der Waals surface area contributed by atoms with Crippen LogP contribution in [0.15, 0.2) is 0 Å². The van der Waals surface area contributed by atoms with E-state index in [1.54, 1.807) is 6.92 Å². The van der Waals surface area contributed by atoms with Gasteiger partial charge in [-0.3, -0.25) is 0 Å². The zero-order chi connectivity index (χ0) is 7.72. The fourth-order valence-electron chi connectivity index (χ4n) is 1.09. The van der Waals surface area contributed by atoms with Crippen LogP contribution in [0.2, 0.25) is 0 Å². The highest BCUT2D eigenvalue weighted by Gasteiger charge is 2.39. The van der Waals surface area contributed by atoms with Gasteiger partial charge in [-0.1, -0.05) is 0 Å². The van der Waals surface area contributed by atoms with E-state index in [4.69, 9.17) is 20.1 Å². The molecule has 1 rings (SSSR count). The standard InChI is InChI=1S/C6H12O4/c1-3-5(8)6(9)4(2-7)10-3/h3-9H,2H2,1H3/t3?,4-,5-,6-/m1/s1. The number of aliphatic hydroxyl groups excluding tert-OH is 3. The molecule has 1 aliphatic heterocycles. The van der Waals surface area contributed by atoms with E-state index in [1.807, 2.05) is 0 Å². The van der Waals surface area contributed by atoms with Crippen molar-refractivity contribution in [3.8, 4) is 0 Å². The van der Waals surface area contributed by atoms with Gasteiger partial charge in [0.05, 0.1) is 12.7 Å². The SMILES string of the molecule is CC1O[C@H](CO)[C@@H](O)[C@@H]1O. The highest BCUT2D eigenvalue weighted by molar-refractivity contribution is 4.87. The molecule has 4 atom stereocenters. The van der Waals surface area contributed by atoms with Gasteiger partial charge in [-0.15, -0.1) is 0 Å². The molecule has 60 valence electrons. The Kier molecular flexibility index (Phi) is 2.25. The summed E-state index contributed by atoms with van der Waals surface area (Å²) in [6, 6.07) is 0. The van der Waals surface area contributed by atoms with Crippen LogP contribution in [0.25, 0.3) is 0 Å². The molecule has 3 N–H and O–H groups in total. The predicted molar refractivity (Wildman–Crippen MR) is 33.4 cm³/mol. The molecule has 0 saturated carbocycles. The molecule has 1 heterocycles. The molecule has 1 aliphatic rings. The summed E-state index contributed by atoms with van der Waals surface area (Å²) in [6.07, 6.45) is -2.81. The summed E-state index contributed by atoms with van der Waals surface area (Å²) in [5.41, 5.74) is 0. The molecule has 0 bridgehead atoms. The molecule has 0 aromatic carbocycles. The maximum Gasteiger partial charge on any atom is 0.111 e. The summed E-state index contributed by atoms with van der Waals surface area (Å²) >= 11 is 0. The number of rotatable bonds is 1. The summed E-state index contributed by atoms with van der Waals surface area (Å²) < 4.78 is 4.98.